The second-order valence-corrected chi connectivity index (χ2v) is 21.7. The lowest BCUT2D eigenvalue weighted by atomic mass is 9.87. The van der Waals surface area contributed by atoms with Crippen LogP contribution in [-0.4, -0.2) is 0 Å². The lowest BCUT2D eigenvalue weighted by Crippen LogP contribution is -2.10. The van der Waals surface area contributed by atoms with Crippen molar-refractivity contribution in [2.45, 2.75) is 123 Å². The Morgan fingerprint density at radius 3 is 0.808 bits per heavy atom. The van der Waals surface area contributed by atoms with E-state index in [0.29, 0.717) is 0 Å². The molecule has 0 amide bonds. The Morgan fingerprint density at radius 2 is 0.474 bits per heavy atom. The highest BCUT2D eigenvalue weighted by molar-refractivity contribution is 5.64. The van der Waals surface area contributed by atoms with Crippen molar-refractivity contribution < 1.29 is 0 Å². The van der Waals surface area contributed by atoms with Gasteiger partial charge in [0.05, 0.1) is 0 Å². The van der Waals surface area contributed by atoms with Crippen LogP contribution in [0.25, 0.3) is 22.3 Å². The summed E-state index contributed by atoms with van der Waals surface area (Å²) in [5.74, 6) is 0. The molecule has 10 rings (SSSR count). The summed E-state index contributed by atoms with van der Waals surface area (Å²) in [6.07, 6.45) is 0. The van der Waals surface area contributed by atoms with Crippen molar-refractivity contribution in [2.24, 2.45) is 0 Å². The minimum absolute atomic E-state index is 0.285. The largest absolute Gasteiger partial charge is 0.0622 e. The summed E-state index contributed by atoms with van der Waals surface area (Å²) in [5.41, 5.74) is 25.8. The Balaban J connectivity index is 0.000000237. The average molecular weight is 1030 g/mol. The van der Waals surface area contributed by atoms with Crippen molar-refractivity contribution in [1.82, 2.24) is 0 Å². The predicted molar refractivity (Wildman–Crippen MR) is 347 cm³/mol. The molecule has 0 radical (unpaired) electrons. The summed E-state index contributed by atoms with van der Waals surface area (Å²) in [5, 5.41) is 0. The Kier molecular flexibility index (Phi) is 28.8. The molecule has 0 bridgehead atoms. The Hall–Kier alpha value is -7.80. The van der Waals surface area contributed by atoms with Crippen LogP contribution in [0.5, 0.6) is 0 Å². The highest BCUT2D eigenvalue weighted by Gasteiger charge is 2.12. The van der Waals surface area contributed by atoms with Crippen LogP contribution in [0.15, 0.2) is 249 Å². The van der Waals surface area contributed by atoms with Gasteiger partial charge in [-0.25, -0.2) is 0 Å². The van der Waals surface area contributed by atoms with E-state index in [-0.39, 0.29) is 5.41 Å². The molecule has 0 fully saturated rings. The van der Waals surface area contributed by atoms with Crippen molar-refractivity contribution in [1.29, 1.82) is 0 Å². The summed E-state index contributed by atoms with van der Waals surface area (Å²) < 4.78 is 0. The van der Waals surface area contributed by atoms with E-state index in [1.807, 2.05) is 30.3 Å². The normalized spacial score (nSPS) is 9.86. The van der Waals surface area contributed by atoms with Gasteiger partial charge < -0.3 is 0 Å². The molecule has 0 aliphatic rings. The number of rotatable bonds is 2. The van der Waals surface area contributed by atoms with Crippen LogP contribution in [0, 0.1) is 96.9 Å². The standard InChI is InChI=1S/2C13H12.C11H16.C10H14.3C8H10.C7H8/c1-11-6-5-9-13(10-11)12-7-3-2-4-8-12;1-11-7-9-13(10-8-11)12-5-3-2-4-6-12;1-9-5-7-10(8-6-9)11(2,3)4;1-7-5-8(2)10(4)9(3)6-7;1-7-3-5-8(2)6-4-7;1-7-4-3-5-8(2)6-7;1-7-5-3-4-6-8(7)2;1-7-5-3-2-4-6-7/h2*2-10H,1H3;5-8H,1-4H3;5-6H,1-4H3;3*3-6H,1-2H3;2-6H,1H3. The molecular formula is C78H92. The van der Waals surface area contributed by atoms with Gasteiger partial charge in [0.1, 0.15) is 0 Å². The lowest BCUT2D eigenvalue weighted by molar-refractivity contribution is 0.590. The molecule has 0 N–H and O–H groups in total. The first-order valence-corrected chi connectivity index (χ1v) is 27.6. The minimum Gasteiger partial charge on any atom is -0.0622 e. The second-order valence-electron chi connectivity index (χ2n) is 21.7. The van der Waals surface area contributed by atoms with Crippen molar-refractivity contribution in [2.75, 3.05) is 0 Å². The molecular weight excluding hydrogens is 937 g/mol. The van der Waals surface area contributed by atoms with E-state index >= 15 is 0 Å². The predicted octanol–water partition coefficient (Wildman–Crippen LogP) is 22.4. The maximum Gasteiger partial charge on any atom is -0.0132 e. The Bertz CT molecular complexity index is 3090. The zero-order valence-corrected chi connectivity index (χ0v) is 50.7. The number of hydrogen-bond donors (Lipinski definition) is 0. The summed E-state index contributed by atoms with van der Waals surface area (Å²) in [7, 11) is 0. The molecule has 0 nitrogen and oxygen atoms in total. The van der Waals surface area contributed by atoms with Crippen molar-refractivity contribution in [3.63, 3.8) is 0 Å². The molecule has 0 aromatic heterocycles. The molecule has 78 heavy (non-hydrogen) atoms. The van der Waals surface area contributed by atoms with Gasteiger partial charge in [-0.1, -0.05) is 320 Å². The first-order valence-electron chi connectivity index (χ1n) is 27.6. The van der Waals surface area contributed by atoms with Crippen molar-refractivity contribution >= 4 is 0 Å². The Labute approximate surface area is 475 Å². The van der Waals surface area contributed by atoms with Crippen LogP contribution in [0.2, 0.25) is 0 Å². The SMILES string of the molecule is Cc1cc(C)c(C)c(C)c1.Cc1ccc(-c2ccccc2)cc1.Cc1ccc(C(C)(C)C)cc1.Cc1ccc(C)cc1.Cc1cccc(-c2ccccc2)c1.Cc1cccc(C)c1.Cc1ccccc1.Cc1ccccc1C. The van der Waals surface area contributed by atoms with Crippen molar-refractivity contribution in [3.8, 4) is 22.3 Å². The summed E-state index contributed by atoms with van der Waals surface area (Å²) in [6.45, 7) is 36.4. The zero-order chi connectivity index (χ0) is 57.5. The van der Waals surface area contributed by atoms with E-state index in [0.717, 1.165) is 0 Å². The highest BCUT2D eigenvalue weighted by Crippen LogP contribution is 2.23. The fourth-order valence-corrected chi connectivity index (χ4v) is 7.78. The van der Waals surface area contributed by atoms with Gasteiger partial charge in [-0.3, -0.25) is 0 Å². The third kappa shape index (κ3) is 26.8. The molecule has 10 aromatic carbocycles. The van der Waals surface area contributed by atoms with Gasteiger partial charge in [0, 0.05) is 0 Å². The zero-order valence-electron chi connectivity index (χ0n) is 50.7. The van der Waals surface area contributed by atoms with Gasteiger partial charge in [0.15, 0.2) is 0 Å². The van der Waals surface area contributed by atoms with E-state index in [1.54, 1.807) is 0 Å². The average Bonchev–Trinajstić information content (AvgIpc) is 3.42. The van der Waals surface area contributed by atoms with Crippen LogP contribution in [0.4, 0.5) is 0 Å². The number of benzene rings is 10. The number of aryl methyl sites for hydroxylation is 13. The summed E-state index contributed by atoms with van der Waals surface area (Å²) >= 11 is 0. The van der Waals surface area contributed by atoms with Gasteiger partial charge in [-0.15, -0.1) is 0 Å². The van der Waals surface area contributed by atoms with Crippen LogP contribution in [-0.2, 0) is 5.41 Å². The minimum atomic E-state index is 0.285. The second kappa shape index (κ2) is 34.8. The highest BCUT2D eigenvalue weighted by atomic mass is 14.2. The van der Waals surface area contributed by atoms with Gasteiger partial charge in [-0.05, 0) is 158 Å². The molecule has 0 heterocycles. The maximum atomic E-state index is 2.23. The van der Waals surface area contributed by atoms with E-state index < -0.39 is 0 Å². The molecule has 10 aromatic rings. The summed E-state index contributed by atoms with van der Waals surface area (Å²) in [4.78, 5) is 0. The first kappa shape index (κ1) is 64.5. The molecule has 0 aliphatic heterocycles. The van der Waals surface area contributed by atoms with E-state index in [9.17, 15) is 0 Å². The van der Waals surface area contributed by atoms with Crippen LogP contribution < -0.4 is 0 Å². The van der Waals surface area contributed by atoms with Gasteiger partial charge in [0.25, 0.3) is 0 Å². The molecule has 0 saturated carbocycles. The Morgan fingerprint density at radius 1 is 0.192 bits per heavy atom. The fraction of sp³-hybridized carbons (Fsp3) is 0.231. The van der Waals surface area contributed by atoms with Crippen LogP contribution >= 0.6 is 0 Å². The van der Waals surface area contributed by atoms with E-state index in [2.05, 4.69) is 336 Å². The van der Waals surface area contributed by atoms with Crippen molar-refractivity contribution in [3.05, 3.63) is 332 Å². The molecule has 0 heteroatoms. The van der Waals surface area contributed by atoms with Crippen LogP contribution in [0.1, 0.15) is 104 Å². The van der Waals surface area contributed by atoms with Crippen LogP contribution in [0.3, 0.4) is 0 Å². The van der Waals surface area contributed by atoms with E-state index in [4.69, 9.17) is 0 Å². The molecule has 404 valence electrons. The topological polar surface area (TPSA) is 0 Å². The summed E-state index contributed by atoms with van der Waals surface area (Å²) in [6, 6.07) is 86.8. The quantitative estimate of drug-likeness (QED) is 0.162. The molecule has 0 unspecified atom stereocenters. The van der Waals surface area contributed by atoms with Gasteiger partial charge in [-0.2, -0.15) is 0 Å². The molecule has 0 aliphatic carbocycles. The monoisotopic (exact) mass is 1030 g/mol. The van der Waals surface area contributed by atoms with Gasteiger partial charge >= 0.3 is 0 Å². The molecule has 0 spiro atoms. The fourth-order valence-electron chi connectivity index (χ4n) is 7.78. The molecule has 0 atom stereocenters. The molecule has 0 saturated heterocycles. The third-order valence-electron chi connectivity index (χ3n) is 13.0. The van der Waals surface area contributed by atoms with Gasteiger partial charge in [0.2, 0.25) is 0 Å². The third-order valence-corrected chi connectivity index (χ3v) is 13.0. The number of hydrogen-bond acceptors (Lipinski definition) is 0. The first-order chi connectivity index (χ1) is 37.1. The van der Waals surface area contributed by atoms with E-state index in [1.165, 1.54) is 106 Å². The smallest absolute Gasteiger partial charge is 0.0132 e. The maximum absolute atomic E-state index is 2.23. The lowest BCUT2D eigenvalue weighted by Gasteiger charge is -2.18.